The fourth-order valence-corrected chi connectivity index (χ4v) is 2.74. The van der Waals surface area contributed by atoms with Crippen LogP contribution >= 0.6 is 11.3 Å². The van der Waals surface area contributed by atoms with Gasteiger partial charge in [0.05, 0.1) is 12.8 Å². The summed E-state index contributed by atoms with van der Waals surface area (Å²) in [6, 6.07) is 7.66. The normalized spacial score (nSPS) is 11.1. The Morgan fingerprint density at radius 2 is 2.08 bits per heavy atom. The van der Waals surface area contributed by atoms with E-state index in [1.807, 2.05) is 45.3 Å². The zero-order chi connectivity index (χ0) is 18.9. The lowest BCUT2D eigenvalue weighted by Crippen LogP contribution is -2.19. The average Bonchev–Trinajstić information content (AvgIpc) is 2.97. The smallest absolute Gasteiger partial charge is 0.358 e. The van der Waals surface area contributed by atoms with Gasteiger partial charge >= 0.3 is 5.97 Å². The fourth-order valence-electron chi connectivity index (χ4n) is 1.99. The predicted octanol–water partition coefficient (Wildman–Crippen LogP) is 3.01. The van der Waals surface area contributed by atoms with Crippen LogP contribution in [0.4, 0.5) is 5.13 Å². The summed E-state index contributed by atoms with van der Waals surface area (Å²) in [6.45, 7) is 5.43. The van der Waals surface area contributed by atoms with E-state index in [-0.39, 0.29) is 0 Å². The number of ether oxygens (including phenoxy) is 2. The molecule has 0 atom stereocenters. The number of aryl methyl sites for hydroxylation is 1. The van der Waals surface area contributed by atoms with Gasteiger partial charge in [0, 0.05) is 11.4 Å². The Bertz CT molecular complexity index is 741. The van der Waals surface area contributed by atoms with Crippen molar-refractivity contribution in [2.24, 2.45) is 5.10 Å². The summed E-state index contributed by atoms with van der Waals surface area (Å²) < 4.78 is 10.6. The number of nitrogens with zero attached hydrogens (tertiary/aromatic N) is 3. The molecule has 0 aliphatic carbocycles. The number of benzene rings is 1. The molecule has 0 bridgehead atoms. The Balaban J connectivity index is 1.88. The van der Waals surface area contributed by atoms with E-state index in [2.05, 4.69) is 20.4 Å². The van der Waals surface area contributed by atoms with Crippen LogP contribution < -0.4 is 10.2 Å². The molecule has 0 aliphatic heterocycles. The highest BCUT2D eigenvalue weighted by atomic mass is 32.1. The Morgan fingerprint density at radius 1 is 1.35 bits per heavy atom. The van der Waals surface area contributed by atoms with Crippen molar-refractivity contribution in [1.29, 1.82) is 0 Å². The number of carbonyl (C=O) groups excluding carboxylic acids is 1. The maximum atomic E-state index is 11.8. The van der Waals surface area contributed by atoms with Gasteiger partial charge in [-0.3, -0.25) is 5.43 Å². The summed E-state index contributed by atoms with van der Waals surface area (Å²) >= 11 is 1.36. The minimum atomic E-state index is -0.414. The summed E-state index contributed by atoms with van der Waals surface area (Å²) in [5.74, 6) is 0.412. The third kappa shape index (κ3) is 6.12. The van der Waals surface area contributed by atoms with E-state index < -0.39 is 5.97 Å². The van der Waals surface area contributed by atoms with Gasteiger partial charge in [0.1, 0.15) is 12.4 Å². The molecule has 0 fully saturated rings. The quantitative estimate of drug-likeness (QED) is 0.412. The molecule has 26 heavy (non-hydrogen) atoms. The standard InChI is InChI=1S/C18H24N4O3S/c1-5-24-17(23)16-13(2)26-18(20-16)21-19-12-14-6-8-15(9-7-14)25-11-10-22(3)4/h6-9,12H,5,10-11H2,1-4H3,(H,20,21)/b19-12+. The Kier molecular flexibility index (Phi) is 7.55. The van der Waals surface area contributed by atoms with Gasteiger partial charge in [-0.2, -0.15) is 5.10 Å². The predicted molar refractivity (Wildman–Crippen MR) is 105 cm³/mol. The third-order valence-electron chi connectivity index (χ3n) is 3.33. The lowest BCUT2D eigenvalue weighted by atomic mass is 10.2. The SMILES string of the molecule is CCOC(=O)c1nc(N/N=C/c2ccc(OCCN(C)C)cc2)sc1C. The largest absolute Gasteiger partial charge is 0.492 e. The van der Waals surface area contributed by atoms with Crippen molar-refractivity contribution in [2.75, 3.05) is 39.3 Å². The number of anilines is 1. The van der Waals surface area contributed by atoms with Crippen molar-refractivity contribution in [3.63, 3.8) is 0 Å². The molecule has 0 amide bonds. The fraction of sp³-hybridized carbons (Fsp3) is 0.389. The number of hydrogen-bond acceptors (Lipinski definition) is 8. The van der Waals surface area contributed by atoms with Crippen LogP contribution in [0.25, 0.3) is 0 Å². The molecule has 2 aromatic rings. The van der Waals surface area contributed by atoms with Crippen LogP contribution in [-0.2, 0) is 4.74 Å². The van der Waals surface area contributed by atoms with Gasteiger partial charge in [0.2, 0.25) is 5.13 Å². The van der Waals surface area contributed by atoms with E-state index >= 15 is 0 Å². The molecule has 0 radical (unpaired) electrons. The molecule has 1 aromatic heterocycles. The molecule has 0 unspecified atom stereocenters. The van der Waals surface area contributed by atoms with Crippen LogP contribution in [-0.4, -0.2) is 55.9 Å². The van der Waals surface area contributed by atoms with E-state index in [1.165, 1.54) is 11.3 Å². The Morgan fingerprint density at radius 3 is 2.73 bits per heavy atom. The number of carbonyl (C=O) groups is 1. The Hall–Kier alpha value is -2.45. The number of esters is 1. The maximum Gasteiger partial charge on any atom is 0.358 e. The summed E-state index contributed by atoms with van der Waals surface area (Å²) in [7, 11) is 4.02. The monoisotopic (exact) mass is 376 g/mol. The van der Waals surface area contributed by atoms with Gasteiger partial charge in [-0.1, -0.05) is 11.3 Å². The molecule has 1 heterocycles. The maximum absolute atomic E-state index is 11.8. The second kappa shape index (κ2) is 9.88. The molecule has 0 aliphatic rings. The molecule has 1 N–H and O–H groups in total. The van der Waals surface area contributed by atoms with E-state index in [0.29, 0.717) is 24.0 Å². The van der Waals surface area contributed by atoms with Crippen LogP contribution in [0.3, 0.4) is 0 Å². The topological polar surface area (TPSA) is 76.0 Å². The van der Waals surface area contributed by atoms with E-state index in [9.17, 15) is 4.79 Å². The number of rotatable bonds is 9. The second-order valence-electron chi connectivity index (χ2n) is 5.74. The molecule has 140 valence electrons. The van der Waals surface area contributed by atoms with Gasteiger partial charge < -0.3 is 14.4 Å². The highest BCUT2D eigenvalue weighted by Gasteiger charge is 2.16. The number of hydrogen-bond donors (Lipinski definition) is 1. The lowest BCUT2D eigenvalue weighted by molar-refractivity contribution is 0.0519. The van der Waals surface area contributed by atoms with Gasteiger partial charge in [-0.15, -0.1) is 0 Å². The van der Waals surface area contributed by atoms with Gasteiger partial charge in [-0.25, -0.2) is 9.78 Å². The number of hydrazone groups is 1. The second-order valence-corrected chi connectivity index (χ2v) is 6.94. The van der Waals surface area contributed by atoms with E-state index in [1.54, 1.807) is 13.1 Å². The molecule has 8 heteroatoms. The van der Waals surface area contributed by atoms with Crippen molar-refractivity contribution in [3.8, 4) is 5.75 Å². The summed E-state index contributed by atoms with van der Waals surface area (Å²) in [4.78, 5) is 18.8. The first kappa shape index (κ1) is 19.9. The molecular formula is C18H24N4O3S. The van der Waals surface area contributed by atoms with Crippen molar-refractivity contribution in [2.45, 2.75) is 13.8 Å². The first-order valence-electron chi connectivity index (χ1n) is 8.30. The Labute approximate surface area is 157 Å². The van der Waals surface area contributed by atoms with Crippen molar-refractivity contribution in [3.05, 3.63) is 40.4 Å². The molecule has 0 spiro atoms. The molecule has 7 nitrogen and oxygen atoms in total. The van der Waals surface area contributed by atoms with Crippen LogP contribution in [0.1, 0.15) is 27.9 Å². The molecule has 1 aromatic carbocycles. The zero-order valence-corrected chi connectivity index (χ0v) is 16.3. The summed E-state index contributed by atoms with van der Waals surface area (Å²) in [5, 5.41) is 4.71. The molecule has 0 saturated carbocycles. The lowest BCUT2D eigenvalue weighted by Gasteiger charge is -2.10. The number of nitrogens with one attached hydrogen (secondary N) is 1. The number of likely N-dealkylation sites (N-methyl/N-ethyl adjacent to an activating group) is 1. The molecule has 0 saturated heterocycles. The van der Waals surface area contributed by atoms with Gasteiger partial charge in [0.15, 0.2) is 5.69 Å². The van der Waals surface area contributed by atoms with Crippen LogP contribution in [0.2, 0.25) is 0 Å². The number of aromatic nitrogens is 1. The van der Waals surface area contributed by atoms with Crippen molar-refractivity contribution >= 4 is 28.7 Å². The third-order valence-corrected chi connectivity index (χ3v) is 4.20. The van der Waals surface area contributed by atoms with Gasteiger partial charge in [0.25, 0.3) is 0 Å². The highest BCUT2D eigenvalue weighted by Crippen LogP contribution is 2.22. The zero-order valence-electron chi connectivity index (χ0n) is 15.5. The first-order chi connectivity index (χ1) is 12.5. The van der Waals surface area contributed by atoms with Gasteiger partial charge in [-0.05, 0) is 57.8 Å². The summed E-state index contributed by atoms with van der Waals surface area (Å²) in [6.07, 6.45) is 1.68. The van der Waals surface area contributed by atoms with E-state index in [4.69, 9.17) is 9.47 Å². The summed E-state index contributed by atoms with van der Waals surface area (Å²) in [5.41, 5.74) is 4.10. The van der Waals surface area contributed by atoms with E-state index in [0.717, 1.165) is 22.7 Å². The highest BCUT2D eigenvalue weighted by molar-refractivity contribution is 7.15. The van der Waals surface area contributed by atoms with Crippen LogP contribution in [0.5, 0.6) is 5.75 Å². The van der Waals surface area contributed by atoms with Crippen molar-refractivity contribution in [1.82, 2.24) is 9.88 Å². The van der Waals surface area contributed by atoms with Crippen LogP contribution in [0.15, 0.2) is 29.4 Å². The van der Waals surface area contributed by atoms with Crippen molar-refractivity contribution < 1.29 is 14.3 Å². The minimum absolute atomic E-state index is 0.325. The van der Waals surface area contributed by atoms with Crippen LogP contribution in [0, 0.1) is 6.92 Å². The molecular weight excluding hydrogens is 352 g/mol. The average molecular weight is 376 g/mol. The minimum Gasteiger partial charge on any atom is -0.492 e. The molecule has 2 rings (SSSR count). The first-order valence-corrected chi connectivity index (χ1v) is 9.12. The number of thiazole rings is 1.